The van der Waals surface area contributed by atoms with Gasteiger partial charge in [-0.1, -0.05) is 30.3 Å². The summed E-state index contributed by atoms with van der Waals surface area (Å²) in [5.41, 5.74) is 2.23. The summed E-state index contributed by atoms with van der Waals surface area (Å²) in [7, 11) is 1.66. The van der Waals surface area contributed by atoms with E-state index < -0.39 is 0 Å². The van der Waals surface area contributed by atoms with Crippen molar-refractivity contribution in [3.8, 4) is 5.75 Å². The molecule has 0 atom stereocenters. The molecule has 0 saturated carbocycles. The lowest BCUT2D eigenvalue weighted by Gasteiger charge is -2.35. The number of rotatable bonds is 5. The third kappa shape index (κ3) is 4.11. The van der Waals surface area contributed by atoms with E-state index in [2.05, 4.69) is 17.0 Å². The van der Waals surface area contributed by atoms with Crippen LogP contribution in [0.1, 0.15) is 33.2 Å². The number of Topliss-reactive ketones (excluding diaryl/α,β-unsaturated/α-hetero) is 1. The largest absolute Gasteiger partial charge is 0.497 e. The Morgan fingerprint density at radius 3 is 2.12 bits per heavy atom. The van der Waals surface area contributed by atoms with E-state index in [1.54, 1.807) is 31.4 Å². The molecule has 26 heavy (non-hydrogen) atoms. The summed E-state index contributed by atoms with van der Waals surface area (Å²) in [5, 5.41) is 0. The molecule has 0 aliphatic carbocycles. The van der Waals surface area contributed by atoms with E-state index in [4.69, 9.17) is 4.74 Å². The predicted octanol–water partition coefficient (Wildman–Crippen LogP) is 2.86. The molecule has 2 aromatic carbocycles. The molecule has 0 N–H and O–H groups in total. The Morgan fingerprint density at radius 2 is 1.54 bits per heavy atom. The first-order chi connectivity index (χ1) is 12.6. The fraction of sp³-hybridized carbons (Fsp3) is 0.333. The second-order valence-electron chi connectivity index (χ2n) is 6.52. The second-order valence-corrected chi connectivity index (χ2v) is 6.52. The monoisotopic (exact) mass is 352 g/mol. The molecule has 5 heteroatoms. The van der Waals surface area contributed by atoms with E-state index in [0.717, 1.165) is 25.4 Å². The van der Waals surface area contributed by atoms with Crippen LogP contribution in [0.5, 0.6) is 5.75 Å². The number of carbonyl (C=O) groups is 2. The van der Waals surface area contributed by atoms with Crippen molar-refractivity contribution in [2.75, 3.05) is 33.3 Å². The van der Waals surface area contributed by atoms with E-state index in [0.29, 0.717) is 24.2 Å². The van der Waals surface area contributed by atoms with Gasteiger partial charge in [-0.15, -0.1) is 0 Å². The number of ether oxygens (including phenoxy) is 1. The number of piperazine rings is 1. The van der Waals surface area contributed by atoms with Crippen LogP contribution in [-0.4, -0.2) is 54.8 Å². The molecular formula is C21H24N2O3. The first kappa shape index (κ1) is 18.1. The number of amides is 1. The third-order valence-electron chi connectivity index (χ3n) is 4.76. The molecule has 0 bridgehead atoms. The van der Waals surface area contributed by atoms with Gasteiger partial charge in [-0.2, -0.15) is 0 Å². The van der Waals surface area contributed by atoms with Gasteiger partial charge in [-0.25, -0.2) is 0 Å². The fourth-order valence-electron chi connectivity index (χ4n) is 3.25. The van der Waals surface area contributed by atoms with Crippen molar-refractivity contribution in [2.45, 2.75) is 13.5 Å². The van der Waals surface area contributed by atoms with Crippen LogP contribution in [0, 0.1) is 0 Å². The number of ketones is 1. The second kappa shape index (κ2) is 8.15. The van der Waals surface area contributed by atoms with Crippen LogP contribution in [0.25, 0.3) is 0 Å². The Morgan fingerprint density at radius 1 is 0.923 bits per heavy atom. The van der Waals surface area contributed by atoms with Crippen LogP contribution in [0.2, 0.25) is 0 Å². The Balaban J connectivity index is 1.59. The van der Waals surface area contributed by atoms with Crippen LogP contribution in [0.15, 0.2) is 48.5 Å². The van der Waals surface area contributed by atoms with Gasteiger partial charge in [0.1, 0.15) is 5.75 Å². The minimum atomic E-state index is -0.0768. The van der Waals surface area contributed by atoms with Crippen molar-refractivity contribution in [3.05, 3.63) is 65.2 Å². The van der Waals surface area contributed by atoms with Crippen LogP contribution in [-0.2, 0) is 6.54 Å². The van der Waals surface area contributed by atoms with Crippen molar-refractivity contribution < 1.29 is 14.3 Å². The van der Waals surface area contributed by atoms with Crippen LogP contribution >= 0.6 is 0 Å². The molecule has 0 spiro atoms. The molecule has 5 nitrogen and oxygen atoms in total. The average Bonchev–Trinajstić information content (AvgIpc) is 2.68. The zero-order valence-corrected chi connectivity index (χ0v) is 15.3. The standard InChI is InChI=1S/C21H24N2O3/c1-16(24)19-5-3-4-6-20(19)21(25)23-13-11-22(12-14-23)15-17-7-9-18(26-2)10-8-17/h3-10H,11-15H2,1-2H3. The van der Waals surface area contributed by atoms with Gasteiger partial charge in [0.15, 0.2) is 5.78 Å². The summed E-state index contributed by atoms with van der Waals surface area (Å²) in [6.07, 6.45) is 0. The topological polar surface area (TPSA) is 49.9 Å². The van der Waals surface area contributed by atoms with Gasteiger partial charge >= 0.3 is 0 Å². The number of benzene rings is 2. The van der Waals surface area contributed by atoms with Crippen LogP contribution in [0.3, 0.4) is 0 Å². The van der Waals surface area contributed by atoms with Gasteiger partial charge in [0.05, 0.1) is 12.7 Å². The van der Waals surface area contributed by atoms with E-state index in [1.807, 2.05) is 17.0 Å². The van der Waals surface area contributed by atoms with E-state index in [9.17, 15) is 9.59 Å². The van der Waals surface area contributed by atoms with Gasteiger partial charge in [-0.05, 0) is 30.7 Å². The highest BCUT2D eigenvalue weighted by atomic mass is 16.5. The van der Waals surface area contributed by atoms with Gasteiger partial charge < -0.3 is 9.64 Å². The van der Waals surface area contributed by atoms with Crippen molar-refractivity contribution in [2.24, 2.45) is 0 Å². The molecule has 1 amide bonds. The summed E-state index contributed by atoms with van der Waals surface area (Å²) in [4.78, 5) is 28.7. The zero-order chi connectivity index (χ0) is 18.5. The molecule has 0 unspecified atom stereocenters. The first-order valence-corrected chi connectivity index (χ1v) is 8.83. The number of nitrogens with zero attached hydrogens (tertiary/aromatic N) is 2. The van der Waals surface area contributed by atoms with E-state index >= 15 is 0 Å². The molecule has 1 aliphatic heterocycles. The molecule has 3 rings (SSSR count). The van der Waals surface area contributed by atoms with E-state index in [-0.39, 0.29) is 11.7 Å². The lowest BCUT2D eigenvalue weighted by Crippen LogP contribution is -2.48. The van der Waals surface area contributed by atoms with Crippen molar-refractivity contribution in [1.29, 1.82) is 0 Å². The summed E-state index contributed by atoms with van der Waals surface area (Å²) >= 11 is 0. The molecule has 1 saturated heterocycles. The van der Waals surface area contributed by atoms with Crippen molar-refractivity contribution in [3.63, 3.8) is 0 Å². The van der Waals surface area contributed by atoms with Gasteiger partial charge in [-0.3, -0.25) is 14.5 Å². The zero-order valence-electron chi connectivity index (χ0n) is 15.3. The van der Waals surface area contributed by atoms with Crippen LogP contribution in [0.4, 0.5) is 0 Å². The summed E-state index contributed by atoms with van der Waals surface area (Å²) in [6, 6.07) is 15.1. The maximum Gasteiger partial charge on any atom is 0.254 e. The number of hydrogen-bond donors (Lipinski definition) is 0. The average molecular weight is 352 g/mol. The molecular weight excluding hydrogens is 328 g/mol. The van der Waals surface area contributed by atoms with Crippen molar-refractivity contribution >= 4 is 11.7 Å². The highest BCUT2D eigenvalue weighted by molar-refractivity contribution is 6.07. The van der Waals surface area contributed by atoms with Gasteiger partial charge in [0.2, 0.25) is 0 Å². The number of methoxy groups -OCH3 is 1. The maximum absolute atomic E-state index is 12.8. The highest BCUT2D eigenvalue weighted by Crippen LogP contribution is 2.17. The quantitative estimate of drug-likeness (QED) is 0.777. The Kier molecular flexibility index (Phi) is 5.68. The minimum absolute atomic E-state index is 0.0557. The SMILES string of the molecule is COc1ccc(CN2CCN(C(=O)c3ccccc3C(C)=O)CC2)cc1. The smallest absolute Gasteiger partial charge is 0.254 e. The maximum atomic E-state index is 12.8. The highest BCUT2D eigenvalue weighted by Gasteiger charge is 2.24. The molecule has 0 aromatic heterocycles. The molecule has 1 fully saturated rings. The Bertz CT molecular complexity index is 778. The van der Waals surface area contributed by atoms with Crippen molar-refractivity contribution in [1.82, 2.24) is 9.80 Å². The molecule has 136 valence electrons. The third-order valence-corrected chi connectivity index (χ3v) is 4.76. The Labute approximate surface area is 154 Å². The normalized spacial score (nSPS) is 14.9. The summed E-state index contributed by atoms with van der Waals surface area (Å²) in [5.74, 6) is 0.722. The van der Waals surface area contributed by atoms with E-state index in [1.165, 1.54) is 12.5 Å². The number of carbonyl (C=O) groups excluding carboxylic acids is 2. The Hall–Kier alpha value is -2.66. The molecule has 2 aromatic rings. The summed E-state index contributed by atoms with van der Waals surface area (Å²) < 4.78 is 5.19. The minimum Gasteiger partial charge on any atom is -0.497 e. The predicted molar refractivity (Wildman–Crippen MR) is 101 cm³/mol. The fourth-order valence-corrected chi connectivity index (χ4v) is 3.25. The lowest BCUT2D eigenvalue weighted by molar-refractivity contribution is 0.0625. The lowest BCUT2D eigenvalue weighted by atomic mass is 10.0. The van der Waals surface area contributed by atoms with Gasteiger partial charge in [0.25, 0.3) is 5.91 Å². The number of hydrogen-bond acceptors (Lipinski definition) is 4. The molecule has 1 heterocycles. The molecule has 0 radical (unpaired) electrons. The first-order valence-electron chi connectivity index (χ1n) is 8.83. The summed E-state index contributed by atoms with van der Waals surface area (Å²) in [6.45, 7) is 5.33. The van der Waals surface area contributed by atoms with Crippen LogP contribution < -0.4 is 4.74 Å². The molecule has 1 aliphatic rings. The van der Waals surface area contributed by atoms with Gasteiger partial charge in [0, 0.05) is 38.3 Å².